The van der Waals surface area contributed by atoms with E-state index in [4.69, 9.17) is 4.74 Å². The van der Waals surface area contributed by atoms with Crippen LogP contribution in [0.5, 0.6) is 5.75 Å². The molecule has 0 atom stereocenters. The Kier molecular flexibility index (Phi) is 9.43. The fourth-order valence-electron chi connectivity index (χ4n) is 4.20. The average molecular weight is 523 g/mol. The zero-order chi connectivity index (χ0) is 27.6. The monoisotopic (exact) mass is 522 g/mol. The van der Waals surface area contributed by atoms with Crippen LogP contribution in [0.3, 0.4) is 0 Å². The van der Waals surface area contributed by atoms with Gasteiger partial charge in [-0.2, -0.15) is 0 Å². The van der Waals surface area contributed by atoms with Gasteiger partial charge < -0.3 is 19.9 Å². The summed E-state index contributed by atoms with van der Waals surface area (Å²) < 4.78 is 5.35. The van der Waals surface area contributed by atoms with E-state index in [1.54, 1.807) is 19.5 Å². The lowest BCUT2D eigenvalue weighted by atomic mass is 10.0. The summed E-state index contributed by atoms with van der Waals surface area (Å²) in [5.74, 6) is 0.537. The Morgan fingerprint density at radius 2 is 1.49 bits per heavy atom. The van der Waals surface area contributed by atoms with Crippen LogP contribution in [0.1, 0.15) is 31.8 Å². The molecule has 200 valence electrons. The first-order valence-corrected chi connectivity index (χ1v) is 12.9. The third-order valence-corrected chi connectivity index (χ3v) is 6.40. The lowest BCUT2D eigenvalue weighted by Crippen LogP contribution is -2.36. The average Bonchev–Trinajstić information content (AvgIpc) is 2.98. The minimum atomic E-state index is -0.168. The van der Waals surface area contributed by atoms with E-state index in [0.717, 1.165) is 34.5 Å². The van der Waals surface area contributed by atoms with E-state index in [1.165, 1.54) is 0 Å². The van der Waals surface area contributed by atoms with Gasteiger partial charge in [0, 0.05) is 49.7 Å². The van der Waals surface area contributed by atoms with E-state index in [1.807, 2.05) is 104 Å². The molecule has 0 aliphatic rings. The maximum Gasteiger partial charge on any atom is 0.254 e. The number of ether oxygens (including phenoxy) is 1. The van der Waals surface area contributed by atoms with Crippen LogP contribution < -0.4 is 10.1 Å². The van der Waals surface area contributed by atoms with Gasteiger partial charge in [0.25, 0.3) is 11.8 Å². The summed E-state index contributed by atoms with van der Waals surface area (Å²) in [5, 5.41) is 2.97. The normalized spacial score (nSPS) is 10.8. The standard InChI is InChI=1S/C32H34N4O3/c1-35(2)18-19-36(23-25-7-5-9-30(21-25)39-3)32(38)29-8-4-6-24(20-29)22-34-31(37)28-12-10-26(11-13-28)27-14-16-33-17-15-27/h4-17,20-21H,18-19,22-23H2,1-3H3,(H,34,37). The Hall–Kier alpha value is -4.49. The van der Waals surface area contributed by atoms with E-state index in [9.17, 15) is 9.59 Å². The predicted octanol–water partition coefficient (Wildman–Crippen LogP) is 4.89. The second kappa shape index (κ2) is 13.3. The Labute approximate surface area is 230 Å². The van der Waals surface area contributed by atoms with Gasteiger partial charge in [-0.05, 0) is 84.9 Å². The van der Waals surface area contributed by atoms with Gasteiger partial charge in [-0.25, -0.2) is 0 Å². The van der Waals surface area contributed by atoms with E-state index in [0.29, 0.717) is 30.8 Å². The van der Waals surface area contributed by atoms with Crippen molar-refractivity contribution in [3.8, 4) is 16.9 Å². The summed E-state index contributed by atoms with van der Waals surface area (Å²) in [7, 11) is 5.62. The summed E-state index contributed by atoms with van der Waals surface area (Å²) in [5.41, 5.74) is 5.09. The highest BCUT2D eigenvalue weighted by Crippen LogP contribution is 2.19. The van der Waals surface area contributed by atoms with Crippen molar-refractivity contribution < 1.29 is 14.3 Å². The lowest BCUT2D eigenvalue weighted by Gasteiger charge is -2.25. The van der Waals surface area contributed by atoms with Crippen LogP contribution in [-0.2, 0) is 13.1 Å². The Morgan fingerprint density at radius 1 is 0.795 bits per heavy atom. The molecule has 0 unspecified atom stereocenters. The number of amides is 2. The van der Waals surface area contributed by atoms with Crippen molar-refractivity contribution in [2.45, 2.75) is 13.1 Å². The summed E-state index contributed by atoms with van der Waals surface area (Å²) in [6.45, 7) is 2.12. The van der Waals surface area contributed by atoms with Gasteiger partial charge in [0.15, 0.2) is 0 Å². The maximum atomic E-state index is 13.6. The molecule has 0 saturated carbocycles. The molecule has 1 heterocycles. The fraction of sp³-hybridized carbons (Fsp3) is 0.219. The minimum absolute atomic E-state index is 0.0560. The van der Waals surface area contributed by atoms with Crippen LogP contribution in [-0.4, -0.2) is 60.9 Å². The Morgan fingerprint density at radius 3 is 2.21 bits per heavy atom. The fourth-order valence-corrected chi connectivity index (χ4v) is 4.20. The molecule has 39 heavy (non-hydrogen) atoms. The van der Waals surface area contributed by atoms with Crippen LogP contribution >= 0.6 is 0 Å². The summed E-state index contributed by atoms with van der Waals surface area (Å²) >= 11 is 0. The van der Waals surface area contributed by atoms with Gasteiger partial charge in [0.05, 0.1) is 7.11 Å². The number of benzene rings is 3. The van der Waals surface area contributed by atoms with Crippen LogP contribution in [0.25, 0.3) is 11.1 Å². The first-order chi connectivity index (χ1) is 18.9. The van der Waals surface area contributed by atoms with Gasteiger partial charge in [-0.15, -0.1) is 0 Å². The molecule has 2 amide bonds. The van der Waals surface area contributed by atoms with Gasteiger partial charge in [0.1, 0.15) is 5.75 Å². The molecule has 1 aromatic heterocycles. The number of nitrogens with zero attached hydrogens (tertiary/aromatic N) is 3. The molecule has 4 aromatic rings. The zero-order valence-electron chi connectivity index (χ0n) is 22.6. The molecule has 0 aliphatic heterocycles. The number of hydrogen-bond donors (Lipinski definition) is 1. The van der Waals surface area contributed by atoms with Gasteiger partial charge in [-0.3, -0.25) is 14.6 Å². The molecule has 7 heteroatoms. The third-order valence-electron chi connectivity index (χ3n) is 6.40. The second-order valence-corrected chi connectivity index (χ2v) is 9.58. The van der Waals surface area contributed by atoms with E-state index in [2.05, 4.69) is 15.2 Å². The summed E-state index contributed by atoms with van der Waals surface area (Å²) in [6.07, 6.45) is 3.49. The minimum Gasteiger partial charge on any atom is -0.497 e. The number of methoxy groups -OCH3 is 1. The van der Waals surface area contributed by atoms with Crippen molar-refractivity contribution in [1.82, 2.24) is 20.1 Å². The summed E-state index contributed by atoms with van der Waals surface area (Å²) in [4.78, 5) is 34.3. The molecule has 1 N–H and O–H groups in total. The molecule has 0 bridgehead atoms. The predicted molar refractivity (Wildman–Crippen MR) is 154 cm³/mol. The Bertz CT molecular complexity index is 1390. The van der Waals surface area contributed by atoms with Gasteiger partial charge in [0.2, 0.25) is 0 Å². The Balaban J connectivity index is 1.42. The SMILES string of the molecule is COc1cccc(CN(CCN(C)C)C(=O)c2cccc(CNC(=O)c3ccc(-c4ccncc4)cc3)c2)c1. The number of carbonyl (C=O) groups excluding carboxylic acids is 2. The first-order valence-electron chi connectivity index (χ1n) is 12.9. The molecular weight excluding hydrogens is 488 g/mol. The van der Waals surface area contributed by atoms with Gasteiger partial charge >= 0.3 is 0 Å². The van der Waals surface area contributed by atoms with Crippen molar-refractivity contribution >= 4 is 11.8 Å². The summed E-state index contributed by atoms with van der Waals surface area (Å²) in [6, 6.07) is 26.5. The molecule has 7 nitrogen and oxygen atoms in total. The van der Waals surface area contributed by atoms with Crippen molar-refractivity contribution in [3.63, 3.8) is 0 Å². The molecule has 0 fully saturated rings. The largest absolute Gasteiger partial charge is 0.497 e. The van der Waals surface area contributed by atoms with Crippen LogP contribution in [0.2, 0.25) is 0 Å². The highest BCUT2D eigenvalue weighted by atomic mass is 16.5. The number of hydrogen-bond acceptors (Lipinski definition) is 5. The lowest BCUT2D eigenvalue weighted by molar-refractivity contribution is 0.0731. The number of rotatable bonds is 11. The molecule has 0 aliphatic carbocycles. The topological polar surface area (TPSA) is 74.8 Å². The number of likely N-dealkylation sites (N-methyl/N-ethyl adjacent to an activating group) is 1. The number of nitrogens with one attached hydrogen (secondary N) is 1. The van der Waals surface area contributed by atoms with Crippen molar-refractivity contribution in [1.29, 1.82) is 0 Å². The molecule has 4 rings (SSSR count). The van der Waals surface area contributed by atoms with Gasteiger partial charge in [-0.1, -0.05) is 36.4 Å². The zero-order valence-corrected chi connectivity index (χ0v) is 22.6. The number of aromatic nitrogens is 1. The molecular formula is C32H34N4O3. The van der Waals surface area contributed by atoms with Crippen molar-refractivity contribution in [3.05, 3.63) is 120 Å². The molecule has 0 spiro atoms. The van der Waals surface area contributed by atoms with E-state index >= 15 is 0 Å². The quantitative estimate of drug-likeness (QED) is 0.304. The van der Waals surface area contributed by atoms with Crippen LogP contribution in [0.4, 0.5) is 0 Å². The highest BCUT2D eigenvalue weighted by Gasteiger charge is 2.17. The van der Waals surface area contributed by atoms with Crippen LogP contribution in [0.15, 0.2) is 97.3 Å². The highest BCUT2D eigenvalue weighted by molar-refractivity contribution is 5.95. The molecule has 3 aromatic carbocycles. The smallest absolute Gasteiger partial charge is 0.254 e. The van der Waals surface area contributed by atoms with Crippen LogP contribution in [0, 0.1) is 0 Å². The van der Waals surface area contributed by atoms with E-state index < -0.39 is 0 Å². The molecule has 0 radical (unpaired) electrons. The first kappa shape index (κ1) is 27.5. The third kappa shape index (κ3) is 7.75. The van der Waals surface area contributed by atoms with Crippen molar-refractivity contribution in [2.75, 3.05) is 34.3 Å². The number of pyridine rings is 1. The van der Waals surface area contributed by atoms with Crippen molar-refractivity contribution in [2.24, 2.45) is 0 Å². The van der Waals surface area contributed by atoms with E-state index in [-0.39, 0.29) is 11.8 Å². The number of carbonyl (C=O) groups is 2. The maximum absolute atomic E-state index is 13.6. The second-order valence-electron chi connectivity index (χ2n) is 9.58. The molecule has 0 saturated heterocycles.